The van der Waals surface area contributed by atoms with Gasteiger partial charge < -0.3 is 24.5 Å². The molecule has 7 heteroatoms. The number of urea groups is 1. The van der Waals surface area contributed by atoms with Crippen LogP contribution in [0.25, 0.3) is 0 Å². The molecule has 2 N–H and O–H groups in total. The molecule has 0 bridgehead atoms. The molecule has 0 spiro atoms. The van der Waals surface area contributed by atoms with Crippen molar-refractivity contribution in [2.24, 2.45) is 0 Å². The molecule has 0 saturated carbocycles. The van der Waals surface area contributed by atoms with Crippen LogP contribution in [0.2, 0.25) is 0 Å². The Hall–Kier alpha value is -2.02. The number of methoxy groups -OCH3 is 1. The topological polar surface area (TPSA) is 92.0 Å². The maximum atomic E-state index is 12.2. The van der Waals surface area contributed by atoms with Gasteiger partial charge in [0.2, 0.25) is 5.76 Å². The van der Waals surface area contributed by atoms with Crippen molar-refractivity contribution in [1.29, 1.82) is 0 Å². The lowest BCUT2D eigenvalue weighted by molar-refractivity contribution is 0.0660. The Morgan fingerprint density at radius 1 is 1.48 bits per heavy atom. The Morgan fingerprint density at radius 2 is 2.19 bits per heavy atom. The highest BCUT2D eigenvalue weighted by molar-refractivity contribution is 5.84. The second kappa shape index (κ2) is 8.31. The number of hydrogen-bond donors (Lipinski definition) is 2. The van der Waals surface area contributed by atoms with Crippen LogP contribution in [-0.2, 0) is 11.3 Å². The van der Waals surface area contributed by atoms with Crippen molar-refractivity contribution >= 4 is 12.0 Å². The molecule has 118 valence electrons. The summed E-state index contributed by atoms with van der Waals surface area (Å²) in [6, 6.07) is 2.76. The highest BCUT2D eigenvalue weighted by Gasteiger charge is 2.18. The first-order valence-corrected chi connectivity index (χ1v) is 6.85. The van der Waals surface area contributed by atoms with E-state index < -0.39 is 5.97 Å². The fraction of sp³-hybridized carbons (Fsp3) is 0.571. The van der Waals surface area contributed by atoms with Crippen LogP contribution in [0.15, 0.2) is 16.5 Å². The number of nitrogens with one attached hydrogen (secondary N) is 1. The third kappa shape index (κ3) is 5.11. The quantitative estimate of drug-likeness (QED) is 0.765. The third-order valence-corrected chi connectivity index (χ3v) is 3.21. The first-order chi connectivity index (χ1) is 9.99. The number of rotatable bonds is 8. The molecule has 1 rings (SSSR count). The number of hydrogen-bond acceptors (Lipinski definition) is 4. The van der Waals surface area contributed by atoms with Crippen molar-refractivity contribution in [3.8, 4) is 0 Å². The van der Waals surface area contributed by atoms with Crippen molar-refractivity contribution in [2.45, 2.75) is 32.9 Å². The monoisotopic (exact) mass is 298 g/mol. The van der Waals surface area contributed by atoms with E-state index in [0.29, 0.717) is 18.9 Å². The van der Waals surface area contributed by atoms with Gasteiger partial charge in [-0.25, -0.2) is 9.59 Å². The van der Waals surface area contributed by atoms with Crippen LogP contribution < -0.4 is 5.32 Å². The normalized spacial score (nSPS) is 12.0. The Kier molecular flexibility index (Phi) is 6.74. The summed E-state index contributed by atoms with van der Waals surface area (Å²) in [6.45, 7) is 5.07. The average molecular weight is 298 g/mol. The van der Waals surface area contributed by atoms with Gasteiger partial charge in [0.05, 0.1) is 13.2 Å². The van der Waals surface area contributed by atoms with Gasteiger partial charge in [-0.3, -0.25) is 0 Å². The van der Waals surface area contributed by atoms with E-state index in [4.69, 9.17) is 14.3 Å². The van der Waals surface area contributed by atoms with Crippen LogP contribution in [0, 0.1) is 0 Å². The lowest BCUT2D eigenvalue weighted by Gasteiger charge is -2.28. The average Bonchev–Trinajstić information content (AvgIpc) is 2.94. The van der Waals surface area contributed by atoms with Gasteiger partial charge in [-0.1, -0.05) is 6.92 Å². The molecule has 1 unspecified atom stereocenters. The minimum absolute atomic E-state index is 0.0892. The summed E-state index contributed by atoms with van der Waals surface area (Å²) in [5, 5.41) is 11.5. The second-order valence-electron chi connectivity index (χ2n) is 4.67. The molecule has 2 amide bonds. The molecule has 1 heterocycles. The molecule has 0 fully saturated rings. The molecule has 0 radical (unpaired) electrons. The molecule has 21 heavy (non-hydrogen) atoms. The number of amides is 2. The molecule has 1 aromatic rings. The van der Waals surface area contributed by atoms with Crippen LogP contribution in [0.3, 0.4) is 0 Å². The maximum Gasteiger partial charge on any atom is 0.371 e. The van der Waals surface area contributed by atoms with E-state index in [-0.39, 0.29) is 24.4 Å². The standard InChI is InChI=1S/C14H22N2O5/c1-4-10(2)16(7-8-20-3)14(19)15-9-11-5-6-12(21-11)13(17)18/h5-6,10H,4,7-9H2,1-3H3,(H,15,19)(H,17,18). The minimum Gasteiger partial charge on any atom is -0.475 e. The van der Waals surface area contributed by atoms with E-state index in [0.717, 1.165) is 6.42 Å². The molecule has 0 aliphatic rings. The maximum absolute atomic E-state index is 12.2. The van der Waals surface area contributed by atoms with Crippen molar-refractivity contribution in [3.63, 3.8) is 0 Å². The number of carbonyl (C=O) groups is 2. The minimum atomic E-state index is -1.13. The number of aromatic carboxylic acids is 1. The van der Waals surface area contributed by atoms with Gasteiger partial charge in [0, 0.05) is 19.7 Å². The second-order valence-corrected chi connectivity index (χ2v) is 4.67. The summed E-state index contributed by atoms with van der Waals surface area (Å²) in [5.41, 5.74) is 0. The first kappa shape index (κ1) is 17.0. The Labute approximate surface area is 123 Å². The zero-order valence-electron chi connectivity index (χ0n) is 12.6. The molecule has 7 nitrogen and oxygen atoms in total. The van der Waals surface area contributed by atoms with Crippen molar-refractivity contribution in [3.05, 3.63) is 23.7 Å². The number of nitrogens with zero attached hydrogens (tertiary/aromatic N) is 1. The fourth-order valence-corrected chi connectivity index (χ4v) is 1.78. The number of ether oxygens (including phenoxy) is 1. The first-order valence-electron chi connectivity index (χ1n) is 6.85. The summed E-state index contributed by atoms with van der Waals surface area (Å²) < 4.78 is 10.1. The number of carboxylic acid groups (broad SMARTS) is 1. The lowest BCUT2D eigenvalue weighted by atomic mass is 10.2. The van der Waals surface area contributed by atoms with Crippen LogP contribution in [0.4, 0.5) is 4.79 Å². The van der Waals surface area contributed by atoms with Gasteiger partial charge in [0.25, 0.3) is 0 Å². The Bertz CT molecular complexity index is 472. The predicted octanol–water partition coefficient (Wildman–Crippen LogP) is 1.93. The molecule has 0 aliphatic carbocycles. The SMILES string of the molecule is CCC(C)N(CCOC)C(=O)NCc1ccc(C(=O)O)o1. The molecular weight excluding hydrogens is 276 g/mol. The van der Waals surface area contributed by atoms with E-state index in [1.165, 1.54) is 12.1 Å². The molecular formula is C14H22N2O5. The molecule has 0 aromatic carbocycles. The summed E-state index contributed by atoms with van der Waals surface area (Å²) in [6.07, 6.45) is 0.834. The van der Waals surface area contributed by atoms with Crippen LogP contribution in [0.5, 0.6) is 0 Å². The molecule has 0 saturated heterocycles. The Morgan fingerprint density at radius 3 is 2.71 bits per heavy atom. The van der Waals surface area contributed by atoms with E-state index in [1.807, 2.05) is 13.8 Å². The van der Waals surface area contributed by atoms with Gasteiger partial charge >= 0.3 is 12.0 Å². The number of furan rings is 1. The van der Waals surface area contributed by atoms with Crippen LogP contribution >= 0.6 is 0 Å². The smallest absolute Gasteiger partial charge is 0.371 e. The summed E-state index contributed by atoms with van der Waals surface area (Å²) in [5.74, 6) is -0.872. The van der Waals surface area contributed by atoms with Gasteiger partial charge in [-0.2, -0.15) is 0 Å². The highest BCUT2D eigenvalue weighted by atomic mass is 16.5. The van der Waals surface area contributed by atoms with Gasteiger partial charge in [-0.05, 0) is 25.5 Å². The summed E-state index contributed by atoms with van der Waals surface area (Å²) >= 11 is 0. The van der Waals surface area contributed by atoms with E-state index in [1.54, 1.807) is 12.0 Å². The van der Waals surface area contributed by atoms with Gasteiger partial charge in [0.1, 0.15) is 5.76 Å². The summed E-state index contributed by atoms with van der Waals surface area (Å²) in [7, 11) is 1.59. The molecule has 1 aromatic heterocycles. The zero-order chi connectivity index (χ0) is 15.8. The lowest BCUT2D eigenvalue weighted by Crippen LogP contribution is -2.46. The Balaban J connectivity index is 2.57. The fourth-order valence-electron chi connectivity index (χ4n) is 1.78. The van der Waals surface area contributed by atoms with Crippen molar-refractivity contribution in [2.75, 3.05) is 20.3 Å². The largest absolute Gasteiger partial charge is 0.475 e. The molecule has 0 aliphatic heterocycles. The predicted molar refractivity (Wildman–Crippen MR) is 76.2 cm³/mol. The summed E-state index contributed by atoms with van der Waals surface area (Å²) in [4.78, 5) is 24.6. The third-order valence-electron chi connectivity index (χ3n) is 3.21. The number of carbonyl (C=O) groups excluding carboxylic acids is 1. The van der Waals surface area contributed by atoms with E-state index in [9.17, 15) is 9.59 Å². The number of carboxylic acids is 1. The van der Waals surface area contributed by atoms with E-state index >= 15 is 0 Å². The van der Waals surface area contributed by atoms with E-state index in [2.05, 4.69) is 5.32 Å². The van der Waals surface area contributed by atoms with Crippen LogP contribution in [0.1, 0.15) is 36.6 Å². The van der Waals surface area contributed by atoms with Crippen molar-refractivity contribution in [1.82, 2.24) is 10.2 Å². The van der Waals surface area contributed by atoms with Crippen molar-refractivity contribution < 1.29 is 23.8 Å². The molecule has 1 atom stereocenters. The van der Waals surface area contributed by atoms with Gasteiger partial charge in [-0.15, -0.1) is 0 Å². The zero-order valence-corrected chi connectivity index (χ0v) is 12.6. The highest BCUT2D eigenvalue weighted by Crippen LogP contribution is 2.08. The van der Waals surface area contributed by atoms with Crippen LogP contribution in [-0.4, -0.2) is 48.3 Å². The van der Waals surface area contributed by atoms with Gasteiger partial charge in [0.15, 0.2) is 0 Å².